The highest BCUT2D eigenvalue weighted by Gasteiger charge is 2.29. The summed E-state index contributed by atoms with van der Waals surface area (Å²) < 4.78 is 33.6. The Labute approximate surface area is 276 Å². The minimum Gasteiger partial charge on any atom is -0.489 e. The Morgan fingerprint density at radius 3 is 2.47 bits per heavy atom. The molecule has 0 radical (unpaired) electrons. The summed E-state index contributed by atoms with van der Waals surface area (Å²) in [6.45, 7) is 2.36. The maximum atomic E-state index is 14.3. The molecule has 2 N–H and O–H groups in total. The molecule has 2 fully saturated rings. The summed E-state index contributed by atoms with van der Waals surface area (Å²) in [5, 5.41) is 15.2. The third-order valence-electron chi connectivity index (χ3n) is 8.47. The second-order valence-electron chi connectivity index (χ2n) is 11.7. The number of pyridine rings is 2. The van der Waals surface area contributed by atoms with Crippen LogP contribution in [0, 0.1) is 0 Å². The quantitative estimate of drug-likeness (QED) is 0.245. The van der Waals surface area contributed by atoms with Gasteiger partial charge in [-0.1, -0.05) is 11.6 Å². The number of ether oxygens (including phenoxy) is 1. The number of halogens is 1. The molecule has 1 aromatic carbocycles. The van der Waals surface area contributed by atoms with Crippen molar-refractivity contribution in [2.24, 2.45) is 0 Å². The van der Waals surface area contributed by atoms with Gasteiger partial charge in [-0.05, 0) is 68.3 Å². The summed E-state index contributed by atoms with van der Waals surface area (Å²) in [7, 11) is -3.36. The SMILES string of the molecule is CS(=O)(=O)N1CCC(n2c(=O)c(-c3ncc(-c4ccnnc4)cc3Cl)cc3cnc(Nc4ccc(OC5CCNC5)cc4)nc32)CC1. The average Bonchev–Trinajstić information content (AvgIpc) is 3.59. The van der Waals surface area contributed by atoms with E-state index in [0.29, 0.717) is 46.1 Å². The Morgan fingerprint density at radius 2 is 1.79 bits per heavy atom. The van der Waals surface area contributed by atoms with Crippen LogP contribution in [0.1, 0.15) is 25.3 Å². The van der Waals surface area contributed by atoms with Gasteiger partial charge in [0, 0.05) is 60.3 Å². The first-order valence-corrected chi connectivity index (χ1v) is 17.5. The number of benzene rings is 1. The van der Waals surface area contributed by atoms with Gasteiger partial charge >= 0.3 is 0 Å². The smallest absolute Gasteiger partial charge is 0.261 e. The van der Waals surface area contributed by atoms with Crippen molar-refractivity contribution in [2.45, 2.75) is 31.4 Å². The Kier molecular flexibility index (Phi) is 8.57. The molecule has 47 heavy (non-hydrogen) atoms. The number of nitrogens with one attached hydrogen (secondary N) is 2. The van der Waals surface area contributed by atoms with Crippen LogP contribution in [0.3, 0.4) is 0 Å². The van der Waals surface area contributed by atoms with Gasteiger partial charge < -0.3 is 15.4 Å². The van der Waals surface area contributed by atoms with Gasteiger partial charge in [0.1, 0.15) is 17.5 Å². The lowest BCUT2D eigenvalue weighted by atomic mass is 10.0. The van der Waals surface area contributed by atoms with Crippen molar-refractivity contribution in [1.29, 1.82) is 0 Å². The van der Waals surface area contributed by atoms with Crippen molar-refractivity contribution in [3.63, 3.8) is 0 Å². The third-order valence-corrected chi connectivity index (χ3v) is 10.1. The lowest BCUT2D eigenvalue weighted by Gasteiger charge is -2.32. The molecule has 0 spiro atoms. The van der Waals surface area contributed by atoms with Crippen LogP contribution in [0.5, 0.6) is 5.75 Å². The summed E-state index contributed by atoms with van der Waals surface area (Å²) in [5.74, 6) is 1.09. The van der Waals surface area contributed by atoms with Gasteiger partial charge in [-0.25, -0.2) is 17.7 Å². The zero-order valence-corrected chi connectivity index (χ0v) is 27.1. The Morgan fingerprint density at radius 1 is 0.979 bits per heavy atom. The van der Waals surface area contributed by atoms with Gasteiger partial charge in [-0.15, -0.1) is 0 Å². The van der Waals surface area contributed by atoms with Crippen LogP contribution in [0.25, 0.3) is 33.4 Å². The van der Waals surface area contributed by atoms with E-state index in [9.17, 15) is 13.2 Å². The van der Waals surface area contributed by atoms with Gasteiger partial charge in [0.15, 0.2) is 0 Å². The highest BCUT2D eigenvalue weighted by molar-refractivity contribution is 7.88. The minimum absolute atomic E-state index is 0.158. The van der Waals surface area contributed by atoms with Crippen molar-refractivity contribution < 1.29 is 13.2 Å². The lowest BCUT2D eigenvalue weighted by molar-refractivity contribution is 0.223. The Balaban J connectivity index is 1.25. The van der Waals surface area contributed by atoms with Crippen LogP contribution < -0.4 is 20.9 Å². The largest absolute Gasteiger partial charge is 0.489 e. The number of aromatic nitrogens is 6. The standard InChI is InChI=1S/C32H32ClN9O4S/c1-47(44,45)41-12-8-24(9-13-41)42-30-22(14-27(31(42)43)29-28(33)15-21(16-35-29)20-6-11-37-38-18-20)17-36-32(40-30)39-23-2-4-25(5-3-23)46-26-7-10-34-19-26/h2-6,11,14-18,24,26,34H,7-10,12-13,19H2,1H3,(H,36,39,40). The van der Waals surface area contributed by atoms with Crippen molar-refractivity contribution in [1.82, 2.24) is 39.3 Å². The molecule has 15 heteroatoms. The van der Waals surface area contributed by atoms with Gasteiger partial charge in [0.2, 0.25) is 16.0 Å². The van der Waals surface area contributed by atoms with Crippen molar-refractivity contribution in [2.75, 3.05) is 37.8 Å². The first-order valence-electron chi connectivity index (χ1n) is 15.3. The fourth-order valence-corrected chi connectivity index (χ4v) is 7.19. The van der Waals surface area contributed by atoms with Gasteiger partial charge in [-0.3, -0.25) is 14.3 Å². The number of hydrogen-bond donors (Lipinski definition) is 2. The molecule has 4 aromatic heterocycles. The molecule has 7 rings (SSSR count). The van der Waals surface area contributed by atoms with E-state index >= 15 is 0 Å². The predicted octanol–water partition coefficient (Wildman–Crippen LogP) is 4.04. The van der Waals surface area contributed by atoms with Gasteiger partial charge in [0.25, 0.3) is 5.56 Å². The van der Waals surface area contributed by atoms with Crippen molar-refractivity contribution in [3.05, 3.63) is 82.6 Å². The zero-order chi connectivity index (χ0) is 32.5. The molecule has 242 valence electrons. The fraction of sp³-hybridized carbons (Fsp3) is 0.312. The number of sulfonamides is 1. The molecule has 13 nitrogen and oxygen atoms in total. The lowest BCUT2D eigenvalue weighted by Crippen LogP contribution is -2.40. The normalized spacial score (nSPS) is 17.6. The highest BCUT2D eigenvalue weighted by Crippen LogP contribution is 2.32. The summed E-state index contributed by atoms with van der Waals surface area (Å²) in [6, 6.07) is 12.5. The third kappa shape index (κ3) is 6.67. The van der Waals surface area contributed by atoms with Crippen LogP contribution >= 0.6 is 11.6 Å². The van der Waals surface area contributed by atoms with Crippen molar-refractivity contribution >= 4 is 44.3 Å². The maximum absolute atomic E-state index is 14.3. The van der Waals surface area contributed by atoms with Gasteiger partial charge in [0.05, 0.1) is 34.9 Å². The van der Waals surface area contributed by atoms with E-state index in [2.05, 4.69) is 30.8 Å². The second-order valence-corrected chi connectivity index (χ2v) is 14.1. The Hall–Kier alpha value is -4.50. The molecule has 0 amide bonds. The van der Waals surface area contributed by atoms with E-state index in [0.717, 1.165) is 42.1 Å². The van der Waals surface area contributed by atoms with Crippen molar-refractivity contribution in [3.8, 4) is 28.1 Å². The molecule has 0 bridgehead atoms. The van der Waals surface area contributed by atoms with E-state index in [1.165, 1.54) is 10.6 Å². The number of rotatable bonds is 8. The Bertz CT molecular complexity index is 2080. The predicted molar refractivity (Wildman–Crippen MR) is 179 cm³/mol. The molecular weight excluding hydrogens is 642 g/mol. The van der Waals surface area contributed by atoms with Gasteiger partial charge in [-0.2, -0.15) is 15.2 Å². The van der Waals surface area contributed by atoms with E-state index in [1.807, 2.05) is 24.3 Å². The molecule has 1 unspecified atom stereocenters. The van der Waals surface area contributed by atoms with E-state index in [1.54, 1.807) is 47.6 Å². The number of piperidine rings is 1. The van der Waals surface area contributed by atoms with E-state index in [-0.39, 0.29) is 30.8 Å². The van der Waals surface area contributed by atoms with E-state index in [4.69, 9.17) is 21.3 Å². The minimum atomic E-state index is -3.36. The number of nitrogens with zero attached hydrogens (tertiary/aromatic N) is 7. The molecule has 5 aromatic rings. The second kappa shape index (κ2) is 13.0. The number of fused-ring (bicyclic) bond motifs is 1. The van der Waals surface area contributed by atoms with Crippen LogP contribution in [0.15, 0.2) is 72.0 Å². The topological polar surface area (TPSA) is 157 Å². The average molecular weight is 674 g/mol. The zero-order valence-electron chi connectivity index (χ0n) is 25.5. The monoisotopic (exact) mass is 673 g/mol. The molecule has 2 saturated heterocycles. The van der Waals surface area contributed by atoms with Crippen LogP contribution in [-0.4, -0.2) is 81.0 Å². The summed E-state index contributed by atoms with van der Waals surface area (Å²) in [4.78, 5) is 28.3. The maximum Gasteiger partial charge on any atom is 0.261 e. The van der Waals surface area contributed by atoms with Crippen LogP contribution in [0.4, 0.5) is 11.6 Å². The summed E-state index contributed by atoms with van der Waals surface area (Å²) >= 11 is 6.74. The fourth-order valence-electron chi connectivity index (χ4n) is 6.04. The molecule has 1 atom stereocenters. The summed E-state index contributed by atoms with van der Waals surface area (Å²) in [6.07, 6.45) is 9.69. The van der Waals surface area contributed by atoms with E-state index < -0.39 is 10.0 Å². The number of anilines is 2. The summed E-state index contributed by atoms with van der Waals surface area (Å²) in [5.41, 5.74) is 3.00. The highest BCUT2D eigenvalue weighted by atomic mass is 35.5. The molecule has 2 aliphatic rings. The molecule has 6 heterocycles. The van der Waals surface area contributed by atoms with Crippen LogP contribution in [-0.2, 0) is 10.0 Å². The molecule has 0 saturated carbocycles. The first kappa shape index (κ1) is 31.1. The van der Waals surface area contributed by atoms with Crippen LogP contribution in [0.2, 0.25) is 5.02 Å². The first-order chi connectivity index (χ1) is 22.7. The molecular formula is C32H32ClN9O4S. The molecule has 0 aliphatic carbocycles. The molecule has 2 aliphatic heterocycles. The number of hydrogen-bond acceptors (Lipinski definition) is 11.